The molecule has 58 heavy (non-hydrogen) atoms. The molecule has 0 aromatic carbocycles. The summed E-state index contributed by atoms with van der Waals surface area (Å²) < 4.78 is 5.85. The van der Waals surface area contributed by atoms with Crippen LogP contribution in [-0.2, 0) is 14.3 Å². The van der Waals surface area contributed by atoms with Crippen molar-refractivity contribution in [3.8, 4) is 0 Å². The Hall–Kier alpha value is -2.70. The SMILES string of the molecule is CC/C=C\C/C=C\C/C=C\C/C=C\C/C=C\CC(CC(=O)NC(CO)C(O)CCCCCCCCCCC)OC(=O)CCCCCCCCC/C=C\CCCCCC. The molecule has 3 N–H and O–H groups in total. The number of ether oxygens (including phenoxy) is 1. The van der Waals surface area contributed by atoms with Crippen molar-refractivity contribution in [2.45, 2.75) is 238 Å². The number of esters is 1. The van der Waals surface area contributed by atoms with Crippen molar-refractivity contribution in [3.05, 3.63) is 72.9 Å². The van der Waals surface area contributed by atoms with Crippen LogP contribution in [0, 0.1) is 0 Å². The predicted molar refractivity (Wildman–Crippen MR) is 250 cm³/mol. The van der Waals surface area contributed by atoms with Gasteiger partial charge in [-0.15, -0.1) is 0 Å². The van der Waals surface area contributed by atoms with Crippen molar-refractivity contribution in [2.24, 2.45) is 0 Å². The minimum Gasteiger partial charge on any atom is -0.461 e. The van der Waals surface area contributed by atoms with Crippen molar-refractivity contribution in [2.75, 3.05) is 6.61 Å². The zero-order valence-corrected chi connectivity index (χ0v) is 37.9. The normalized spacial score (nSPS) is 13.9. The monoisotopic (exact) mass is 810 g/mol. The van der Waals surface area contributed by atoms with Gasteiger partial charge in [0.05, 0.1) is 25.2 Å². The zero-order chi connectivity index (χ0) is 42.4. The lowest BCUT2D eigenvalue weighted by Gasteiger charge is -2.24. The van der Waals surface area contributed by atoms with Gasteiger partial charge in [-0.3, -0.25) is 9.59 Å². The van der Waals surface area contributed by atoms with Crippen LogP contribution in [0.2, 0.25) is 0 Å². The Morgan fingerprint density at radius 2 is 0.966 bits per heavy atom. The summed E-state index contributed by atoms with van der Waals surface area (Å²) in [4.78, 5) is 26.0. The number of rotatable bonds is 42. The van der Waals surface area contributed by atoms with E-state index in [0.29, 0.717) is 19.3 Å². The first kappa shape index (κ1) is 55.3. The maximum absolute atomic E-state index is 13.1. The van der Waals surface area contributed by atoms with Gasteiger partial charge in [-0.2, -0.15) is 0 Å². The Balaban J connectivity index is 4.75. The highest BCUT2D eigenvalue weighted by molar-refractivity contribution is 5.77. The molecule has 0 rings (SSSR count). The molecule has 0 aliphatic heterocycles. The quantitative estimate of drug-likeness (QED) is 0.0324. The molecule has 6 nitrogen and oxygen atoms in total. The second-order valence-electron chi connectivity index (χ2n) is 16.1. The van der Waals surface area contributed by atoms with Gasteiger partial charge in [-0.25, -0.2) is 0 Å². The molecule has 0 saturated heterocycles. The van der Waals surface area contributed by atoms with Gasteiger partial charge in [0.1, 0.15) is 6.10 Å². The first-order valence-corrected chi connectivity index (χ1v) is 24.2. The van der Waals surface area contributed by atoms with E-state index in [2.05, 4.69) is 86.8 Å². The summed E-state index contributed by atoms with van der Waals surface area (Å²) in [5.41, 5.74) is 0. The minimum atomic E-state index is -0.813. The molecule has 0 bridgehead atoms. The molecule has 1 amide bonds. The Morgan fingerprint density at radius 1 is 0.534 bits per heavy atom. The van der Waals surface area contributed by atoms with E-state index in [-0.39, 0.29) is 24.9 Å². The lowest BCUT2D eigenvalue weighted by molar-refractivity contribution is -0.150. The smallest absolute Gasteiger partial charge is 0.306 e. The first-order valence-electron chi connectivity index (χ1n) is 24.2. The summed E-state index contributed by atoms with van der Waals surface area (Å²) in [6, 6.07) is -0.733. The molecule has 0 spiro atoms. The van der Waals surface area contributed by atoms with Gasteiger partial charge in [-0.1, -0.05) is 203 Å². The summed E-state index contributed by atoms with van der Waals surface area (Å²) >= 11 is 0. The topological polar surface area (TPSA) is 95.9 Å². The minimum absolute atomic E-state index is 0.00461. The number of aliphatic hydroxyl groups is 2. The van der Waals surface area contributed by atoms with E-state index in [1.165, 1.54) is 103 Å². The van der Waals surface area contributed by atoms with Crippen LogP contribution in [0.3, 0.4) is 0 Å². The van der Waals surface area contributed by atoms with E-state index in [4.69, 9.17) is 4.74 Å². The Bertz CT molecular complexity index is 1090. The summed E-state index contributed by atoms with van der Waals surface area (Å²) in [6.45, 7) is 6.30. The average Bonchev–Trinajstić information content (AvgIpc) is 3.22. The molecule has 0 heterocycles. The van der Waals surface area contributed by atoms with Crippen LogP contribution >= 0.6 is 0 Å². The third-order valence-corrected chi connectivity index (χ3v) is 10.5. The van der Waals surface area contributed by atoms with Crippen LogP contribution in [0.4, 0.5) is 0 Å². The van der Waals surface area contributed by atoms with E-state index in [1.54, 1.807) is 0 Å². The summed E-state index contributed by atoms with van der Waals surface area (Å²) in [5, 5.41) is 23.6. The Kier molecular flexibility index (Phi) is 43.3. The van der Waals surface area contributed by atoms with Gasteiger partial charge >= 0.3 is 5.97 Å². The van der Waals surface area contributed by atoms with Gasteiger partial charge in [-0.05, 0) is 70.6 Å². The number of unbranched alkanes of at least 4 members (excludes halogenated alkanes) is 19. The average molecular weight is 810 g/mol. The standard InChI is InChI=1S/C52H91NO5/c1-4-7-10-13-16-19-21-23-25-27-29-32-34-37-40-43-48(46-51(56)53-49(47-54)50(55)44-41-38-35-31-18-15-12-9-6-3)58-52(57)45-42-39-36-33-30-28-26-24-22-20-17-14-11-8-5-2/h7,10,16,19-20,22-23,25,29,32,37,40,48-50,54-55H,4-6,8-9,11-15,17-18,21,24,26-28,30-31,33-36,38-39,41-47H2,1-3H3,(H,53,56)/b10-7-,19-16-,22-20-,25-23-,32-29-,40-37-. The number of hydrogen-bond donors (Lipinski definition) is 3. The first-order chi connectivity index (χ1) is 28.5. The van der Waals surface area contributed by atoms with Gasteiger partial charge < -0.3 is 20.3 Å². The van der Waals surface area contributed by atoms with Crippen molar-refractivity contribution in [3.63, 3.8) is 0 Å². The molecule has 3 unspecified atom stereocenters. The van der Waals surface area contributed by atoms with E-state index >= 15 is 0 Å². The fourth-order valence-corrected chi connectivity index (χ4v) is 6.86. The Labute approximate surface area is 358 Å². The van der Waals surface area contributed by atoms with Crippen LogP contribution < -0.4 is 5.32 Å². The van der Waals surface area contributed by atoms with E-state index < -0.39 is 18.2 Å². The van der Waals surface area contributed by atoms with E-state index in [9.17, 15) is 19.8 Å². The van der Waals surface area contributed by atoms with Gasteiger partial charge in [0.2, 0.25) is 5.91 Å². The summed E-state index contributed by atoms with van der Waals surface area (Å²) in [7, 11) is 0. The van der Waals surface area contributed by atoms with E-state index in [1.807, 2.05) is 12.2 Å². The van der Waals surface area contributed by atoms with Crippen molar-refractivity contribution in [1.29, 1.82) is 0 Å². The van der Waals surface area contributed by atoms with Gasteiger partial charge in [0.15, 0.2) is 0 Å². The van der Waals surface area contributed by atoms with Crippen molar-refractivity contribution < 1.29 is 24.5 Å². The lowest BCUT2D eigenvalue weighted by Crippen LogP contribution is -2.46. The molecule has 0 radical (unpaired) electrons. The number of nitrogens with one attached hydrogen (secondary N) is 1. The summed E-state index contributed by atoms with van der Waals surface area (Å²) in [5.74, 6) is -0.589. The maximum atomic E-state index is 13.1. The molecule has 0 aliphatic carbocycles. The maximum Gasteiger partial charge on any atom is 0.306 e. The molecule has 0 aliphatic rings. The molecule has 0 saturated carbocycles. The number of hydrogen-bond acceptors (Lipinski definition) is 5. The number of allylic oxidation sites excluding steroid dienone is 11. The number of carbonyl (C=O) groups excluding carboxylic acids is 2. The molecule has 334 valence electrons. The van der Waals surface area contributed by atoms with Gasteiger partial charge in [0.25, 0.3) is 0 Å². The fraction of sp³-hybridized carbons (Fsp3) is 0.731. The summed E-state index contributed by atoms with van der Waals surface area (Å²) in [6.07, 6.45) is 56.9. The molecular weight excluding hydrogens is 719 g/mol. The van der Waals surface area contributed by atoms with E-state index in [0.717, 1.165) is 70.6 Å². The second kappa shape index (κ2) is 45.4. The van der Waals surface area contributed by atoms with Crippen LogP contribution in [0.25, 0.3) is 0 Å². The molecule has 0 aromatic heterocycles. The zero-order valence-electron chi connectivity index (χ0n) is 37.9. The van der Waals surface area contributed by atoms with Gasteiger partial charge in [0, 0.05) is 12.8 Å². The van der Waals surface area contributed by atoms with Crippen LogP contribution in [0.5, 0.6) is 0 Å². The van der Waals surface area contributed by atoms with Crippen molar-refractivity contribution >= 4 is 11.9 Å². The molecule has 3 atom stereocenters. The molecular formula is C52H91NO5. The largest absolute Gasteiger partial charge is 0.461 e. The lowest BCUT2D eigenvalue weighted by atomic mass is 10.0. The molecule has 0 fully saturated rings. The highest BCUT2D eigenvalue weighted by Crippen LogP contribution is 2.15. The third kappa shape index (κ3) is 40.1. The fourth-order valence-electron chi connectivity index (χ4n) is 6.86. The number of carbonyl (C=O) groups is 2. The van der Waals surface area contributed by atoms with Crippen molar-refractivity contribution in [1.82, 2.24) is 5.32 Å². The predicted octanol–water partition coefficient (Wildman–Crippen LogP) is 14.2. The van der Waals surface area contributed by atoms with Crippen LogP contribution in [0.1, 0.15) is 220 Å². The highest BCUT2D eigenvalue weighted by Gasteiger charge is 2.23. The van der Waals surface area contributed by atoms with Crippen LogP contribution in [0.15, 0.2) is 72.9 Å². The highest BCUT2D eigenvalue weighted by atomic mass is 16.5. The third-order valence-electron chi connectivity index (χ3n) is 10.5. The van der Waals surface area contributed by atoms with Crippen LogP contribution in [-0.4, -0.2) is 46.9 Å². The second-order valence-corrected chi connectivity index (χ2v) is 16.1. The molecule has 0 aromatic rings. The molecule has 6 heteroatoms. The number of aliphatic hydroxyl groups excluding tert-OH is 2. The Morgan fingerprint density at radius 3 is 1.47 bits per heavy atom. The number of amides is 1.